The smallest absolute Gasteiger partial charge is 0.253 e. The highest BCUT2D eigenvalue weighted by molar-refractivity contribution is 5.94. The maximum absolute atomic E-state index is 12.1. The van der Waals surface area contributed by atoms with Crippen LogP contribution in [-0.4, -0.2) is 55.9 Å². The third-order valence-corrected chi connectivity index (χ3v) is 4.48. The Morgan fingerprint density at radius 1 is 1.04 bits per heavy atom. The van der Waals surface area contributed by atoms with Gasteiger partial charge in [0.25, 0.3) is 5.91 Å². The Bertz CT molecular complexity index is 797. The Morgan fingerprint density at radius 3 is 2.39 bits per heavy atom. The predicted molar refractivity (Wildman–Crippen MR) is 117 cm³/mol. The van der Waals surface area contributed by atoms with E-state index in [2.05, 4.69) is 55.4 Å². The van der Waals surface area contributed by atoms with Crippen LogP contribution in [0.4, 0.5) is 0 Å². The van der Waals surface area contributed by atoms with Crippen molar-refractivity contribution in [3.8, 4) is 0 Å². The number of benzene rings is 2. The summed E-state index contributed by atoms with van der Waals surface area (Å²) in [5, 5.41) is 3.36. The molecule has 28 heavy (non-hydrogen) atoms. The number of guanidine groups is 1. The molecule has 5 nitrogen and oxygen atoms in total. The van der Waals surface area contributed by atoms with Gasteiger partial charge in [-0.2, -0.15) is 0 Å². The van der Waals surface area contributed by atoms with Crippen LogP contribution in [0.15, 0.2) is 53.5 Å². The molecule has 0 saturated carbocycles. The van der Waals surface area contributed by atoms with Gasteiger partial charge in [0.1, 0.15) is 0 Å². The molecule has 0 fully saturated rings. The fraction of sp³-hybridized carbons (Fsp3) is 0.391. The summed E-state index contributed by atoms with van der Waals surface area (Å²) in [6, 6.07) is 16.4. The van der Waals surface area contributed by atoms with Gasteiger partial charge in [0, 0.05) is 46.3 Å². The van der Waals surface area contributed by atoms with E-state index in [1.807, 2.05) is 24.3 Å². The minimum absolute atomic E-state index is 0.0246. The number of aryl methyl sites for hydroxylation is 1. The molecule has 0 spiro atoms. The zero-order valence-corrected chi connectivity index (χ0v) is 17.7. The largest absolute Gasteiger partial charge is 0.357 e. The van der Waals surface area contributed by atoms with Crippen LogP contribution in [0.5, 0.6) is 0 Å². The number of carbonyl (C=O) groups is 1. The van der Waals surface area contributed by atoms with Gasteiger partial charge in [0.15, 0.2) is 5.96 Å². The predicted octanol–water partition coefficient (Wildman–Crippen LogP) is 3.34. The molecule has 5 heteroatoms. The van der Waals surface area contributed by atoms with E-state index in [4.69, 9.17) is 4.99 Å². The molecule has 150 valence electrons. The highest BCUT2D eigenvalue weighted by Crippen LogP contribution is 2.09. The van der Waals surface area contributed by atoms with Gasteiger partial charge in [-0.15, -0.1) is 0 Å². The summed E-state index contributed by atoms with van der Waals surface area (Å²) >= 11 is 0. The van der Waals surface area contributed by atoms with Gasteiger partial charge in [0.2, 0.25) is 0 Å². The van der Waals surface area contributed by atoms with Crippen molar-refractivity contribution in [2.45, 2.75) is 26.8 Å². The standard InChI is InChI=1S/C23H32N4O/c1-6-24-23(27(5)17-20-12-10-18(2)11-13-20)25-15-14-19-8-7-9-21(16-19)22(28)26(3)4/h7-13,16H,6,14-15,17H2,1-5H3,(H,24,25). The van der Waals surface area contributed by atoms with E-state index in [0.717, 1.165) is 36.6 Å². The lowest BCUT2D eigenvalue weighted by Crippen LogP contribution is -2.38. The molecule has 0 aromatic heterocycles. The number of hydrogen-bond donors (Lipinski definition) is 1. The van der Waals surface area contributed by atoms with Crippen molar-refractivity contribution < 1.29 is 4.79 Å². The lowest BCUT2D eigenvalue weighted by Gasteiger charge is -2.22. The molecule has 0 aliphatic carbocycles. The molecule has 0 radical (unpaired) electrons. The SMILES string of the molecule is CCNC(=NCCc1cccc(C(=O)N(C)C)c1)N(C)Cc1ccc(C)cc1. The Morgan fingerprint density at radius 2 is 1.75 bits per heavy atom. The summed E-state index contributed by atoms with van der Waals surface area (Å²) in [5.41, 5.74) is 4.36. The van der Waals surface area contributed by atoms with Crippen LogP contribution in [0.1, 0.15) is 34.0 Å². The average Bonchev–Trinajstić information content (AvgIpc) is 2.68. The second kappa shape index (κ2) is 10.5. The number of hydrogen-bond acceptors (Lipinski definition) is 2. The van der Waals surface area contributed by atoms with Gasteiger partial charge in [-0.25, -0.2) is 0 Å². The molecule has 0 aliphatic heterocycles. The third kappa shape index (κ3) is 6.41. The van der Waals surface area contributed by atoms with Crippen molar-refractivity contribution in [2.75, 3.05) is 34.2 Å². The first-order valence-electron chi connectivity index (χ1n) is 9.76. The summed E-state index contributed by atoms with van der Waals surface area (Å²) in [6.07, 6.45) is 0.793. The molecule has 2 aromatic carbocycles. The van der Waals surface area contributed by atoms with Gasteiger partial charge >= 0.3 is 0 Å². The topological polar surface area (TPSA) is 47.9 Å². The molecule has 0 aliphatic rings. The minimum Gasteiger partial charge on any atom is -0.357 e. The van der Waals surface area contributed by atoms with Crippen molar-refractivity contribution in [3.63, 3.8) is 0 Å². The first-order chi connectivity index (χ1) is 13.4. The number of nitrogens with one attached hydrogen (secondary N) is 1. The molecule has 0 heterocycles. The van der Waals surface area contributed by atoms with E-state index in [9.17, 15) is 4.79 Å². The quantitative estimate of drug-likeness (QED) is 0.592. The number of rotatable bonds is 7. The first kappa shape index (κ1) is 21.5. The van der Waals surface area contributed by atoms with E-state index >= 15 is 0 Å². The second-order valence-electron chi connectivity index (χ2n) is 7.23. The highest BCUT2D eigenvalue weighted by Gasteiger charge is 2.09. The average molecular weight is 381 g/mol. The second-order valence-corrected chi connectivity index (χ2v) is 7.23. The monoisotopic (exact) mass is 380 g/mol. The molecular formula is C23H32N4O. The summed E-state index contributed by atoms with van der Waals surface area (Å²) in [6.45, 7) is 6.47. The van der Waals surface area contributed by atoms with E-state index in [1.54, 1.807) is 19.0 Å². The van der Waals surface area contributed by atoms with E-state index in [-0.39, 0.29) is 5.91 Å². The van der Waals surface area contributed by atoms with E-state index in [1.165, 1.54) is 11.1 Å². The Kier molecular flexibility index (Phi) is 8.05. The number of carbonyl (C=O) groups excluding carboxylic acids is 1. The van der Waals surface area contributed by atoms with Crippen molar-refractivity contribution in [3.05, 3.63) is 70.8 Å². The van der Waals surface area contributed by atoms with Crippen LogP contribution < -0.4 is 5.32 Å². The molecule has 2 aromatic rings. The van der Waals surface area contributed by atoms with Crippen molar-refractivity contribution in [1.82, 2.24) is 15.1 Å². The maximum atomic E-state index is 12.1. The summed E-state index contributed by atoms with van der Waals surface area (Å²) in [7, 11) is 5.59. The van der Waals surface area contributed by atoms with Crippen molar-refractivity contribution in [1.29, 1.82) is 0 Å². The fourth-order valence-corrected chi connectivity index (χ4v) is 2.92. The lowest BCUT2D eigenvalue weighted by atomic mass is 10.1. The zero-order chi connectivity index (χ0) is 20.5. The molecule has 1 N–H and O–H groups in total. The van der Waals surface area contributed by atoms with Crippen LogP contribution in [-0.2, 0) is 13.0 Å². The molecule has 1 amide bonds. The molecule has 0 unspecified atom stereocenters. The Labute approximate surface area is 169 Å². The van der Waals surface area contributed by atoms with Gasteiger partial charge in [-0.05, 0) is 43.5 Å². The molecule has 0 bridgehead atoms. The molecular weight excluding hydrogens is 348 g/mol. The fourth-order valence-electron chi connectivity index (χ4n) is 2.92. The van der Waals surface area contributed by atoms with E-state index < -0.39 is 0 Å². The summed E-state index contributed by atoms with van der Waals surface area (Å²) in [4.78, 5) is 20.6. The van der Waals surface area contributed by atoms with Gasteiger partial charge in [-0.1, -0.05) is 42.0 Å². The maximum Gasteiger partial charge on any atom is 0.253 e. The summed E-state index contributed by atoms with van der Waals surface area (Å²) in [5.74, 6) is 0.917. The van der Waals surface area contributed by atoms with Crippen LogP contribution in [0.2, 0.25) is 0 Å². The van der Waals surface area contributed by atoms with Crippen LogP contribution in [0.3, 0.4) is 0 Å². The summed E-state index contributed by atoms with van der Waals surface area (Å²) < 4.78 is 0. The van der Waals surface area contributed by atoms with Crippen molar-refractivity contribution >= 4 is 11.9 Å². The van der Waals surface area contributed by atoms with Gasteiger partial charge in [-0.3, -0.25) is 9.79 Å². The van der Waals surface area contributed by atoms with E-state index in [0.29, 0.717) is 6.54 Å². The lowest BCUT2D eigenvalue weighted by molar-refractivity contribution is 0.0827. The van der Waals surface area contributed by atoms with Gasteiger partial charge in [0.05, 0.1) is 0 Å². The number of aliphatic imine (C=N–C) groups is 1. The minimum atomic E-state index is 0.0246. The Hall–Kier alpha value is -2.82. The van der Waals surface area contributed by atoms with Crippen LogP contribution >= 0.6 is 0 Å². The highest BCUT2D eigenvalue weighted by atomic mass is 16.2. The van der Waals surface area contributed by atoms with Crippen LogP contribution in [0, 0.1) is 6.92 Å². The molecule has 0 saturated heterocycles. The first-order valence-corrected chi connectivity index (χ1v) is 9.76. The normalized spacial score (nSPS) is 11.2. The zero-order valence-electron chi connectivity index (χ0n) is 17.7. The number of nitrogens with zero attached hydrogens (tertiary/aromatic N) is 3. The number of amides is 1. The molecule has 2 rings (SSSR count). The van der Waals surface area contributed by atoms with Crippen LogP contribution in [0.25, 0.3) is 0 Å². The van der Waals surface area contributed by atoms with Gasteiger partial charge < -0.3 is 15.1 Å². The van der Waals surface area contributed by atoms with Crippen molar-refractivity contribution in [2.24, 2.45) is 4.99 Å². The molecule has 0 atom stereocenters. The third-order valence-electron chi connectivity index (χ3n) is 4.48. The Balaban J connectivity index is 2.01.